The van der Waals surface area contributed by atoms with Gasteiger partial charge in [0.2, 0.25) is 0 Å². The van der Waals surface area contributed by atoms with Gasteiger partial charge >= 0.3 is 0 Å². The summed E-state index contributed by atoms with van der Waals surface area (Å²) in [5.41, 5.74) is 3.38. The quantitative estimate of drug-likeness (QED) is 0.192. The molecular weight excluding hydrogens is 532 g/mol. The lowest BCUT2D eigenvalue weighted by Crippen LogP contribution is -1.91. The number of nitro benzene ring substituents is 2. The second-order valence-corrected chi connectivity index (χ2v) is 8.13. The Bertz CT molecular complexity index is 1240. The van der Waals surface area contributed by atoms with E-state index in [-0.39, 0.29) is 11.4 Å². The van der Waals surface area contributed by atoms with E-state index in [1.807, 2.05) is 13.0 Å². The van der Waals surface area contributed by atoms with E-state index < -0.39 is 9.85 Å². The van der Waals surface area contributed by atoms with Gasteiger partial charge in [0.1, 0.15) is 0 Å². The average molecular weight is 546 g/mol. The summed E-state index contributed by atoms with van der Waals surface area (Å²) in [6.07, 6.45) is 3.11. The average Bonchev–Trinajstić information content (AvgIpc) is 2.73. The van der Waals surface area contributed by atoms with Crippen LogP contribution in [0.25, 0.3) is 0 Å². The van der Waals surface area contributed by atoms with Crippen molar-refractivity contribution in [2.75, 3.05) is 0 Å². The van der Waals surface area contributed by atoms with Crippen LogP contribution in [0.3, 0.4) is 0 Å². The minimum absolute atomic E-state index is 0.0291. The summed E-state index contributed by atoms with van der Waals surface area (Å²) >= 11 is 6.31. The third-order valence-corrected chi connectivity index (χ3v) is 5.57. The molecule has 0 aromatic heterocycles. The first kappa shape index (κ1) is 22.4. The van der Waals surface area contributed by atoms with Gasteiger partial charge in [0, 0.05) is 24.6 Å². The van der Waals surface area contributed by atoms with Gasteiger partial charge in [-0.3, -0.25) is 30.2 Å². The fraction of sp³-hybridized carbons (Fsp3) is 0.0476. The predicted molar refractivity (Wildman–Crippen MR) is 127 cm³/mol. The molecular formula is C21H14Br2N4O4. The largest absolute Gasteiger partial charge is 0.284 e. The van der Waals surface area contributed by atoms with Crippen LogP contribution in [0.2, 0.25) is 0 Å². The van der Waals surface area contributed by atoms with Crippen molar-refractivity contribution in [3.05, 3.63) is 100 Å². The predicted octanol–water partition coefficient (Wildman–Crippen LogP) is 6.84. The van der Waals surface area contributed by atoms with Gasteiger partial charge in [-0.05, 0) is 85.8 Å². The highest BCUT2D eigenvalue weighted by molar-refractivity contribution is 9.11. The van der Waals surface area contributed by atoms with Crippen molar-refractivity contribution >= 4 is 67.0 Å². The lowest BCUT2D eigenvalue weighted by Gasteiger charge is -2.02. The van der Waals surface area contributed by atoms with Crippen molar-refractivity contribution in [3.8, 4) is 0 Å². The van der Waals surface area contributed by atoms with E-state index in [2.05, 4.69) is 41.8 Å². The van der Waals surface area contributed by atoms with E-state index in [1.165, 1.54) is 12.1 Å². The van der Waals surface area contributed by atoms with E-state index in [1.54, 1.807) is 48.8 Å². The fourth-order valence-electron chi connectivity index (χ4n) is 2.66. The van der Waals surface area contributed by atoms with Crippen molar-refractivity contribution in [2.24, 2.45) is 9.98 Å². The number of halogens is 2. The lowest BCUT2D eigenvalue weighted by molar-refractivity contribution is -0.385. The van der Waals surface area contributed by atoms with Gasteiger partial charge < -0.3 is 0 Å². The van der Waals surface area contributed by atoms with Gasteiger partial charge in [-0.15, -0.1) is 0 Å². The molecule has 0 unspecified atom stereocenters. The maximum Gasteiger partial charge on any atom is 0.284 e. The van der Waals surface area contributed by atoms with Crippen LogP contribution in [-0.2, 0) is 0 Å². The van der Waals surface area contributed by atoms with Crippen LogP contribution in [0, 0.1) is 27.2 Å². The van der Waals surface area contributed by atoms with Crippen molar-refractivity contribution in [2.45, 2.75) is 6.92 Å². The van der Waals surface area contributed by atoms with E-state index in [4.69, 9.17) is 0 Å². The minimum atomic E-state index is -0.460. The molecule has 0 N–H and O–H groups in total. The normalized spacial score (nSPS) is 11.3. The van der Waals surface area contributed by atoms with Crippen LogP contribution in [-0.4, -0.2) is 22.3 Å². The Morgan fingerprint density at radius 3 is 1.77 bits per heavy atom. The number of hydrogen-bond acceptors (Lipinski definition) is 6. The highest BCUT2D eigenvalue weighted by Crippen LogP contribution is 2.28. The first-order valence-electron chi connectivity index (χ1n) is 8.81. The zero-order valence-corrected chi connectivity index (χ0v) is 19.2. The summed E-state index contributed by atoms with van der Waals surface area (Å²) in [5, 5.41) is 22.1. The highest BCUT2D eigenvalue weighted by Gasteiger charge is 2.12. The van der Waals surface area contributed by atoms with Gasteiger partial charge in [-0.1, -0.05) is 12.1 Å². The van der Waals surface area contributed by atoms with Crippen molar-refractivity contribution in [1.82, 2.24) is 0 Å². The van der Waals surface area contributed by atoms with Crippen LogP contribution in [0.4, 0.5) is 22.7 Å². The number of aliphatic imine (C=N–C) groups is 2. The van der Waals surface area contributed by atoms with Crippen LogP contribution in [0.1, 0.15) is 16.7 Å². The molecule has 0 radical (unpaired) electrons. The summed E-state index contributed by atoms with van der Waals surface area (Å²) in [5.74, 6) is 0. The number of nitro groups is 2. The van der Waals surface area contributed by atoms with E-state index in [0.29, 0.717) is 31.4 Å². The molecule has 0 saturated heterocycles. The summed E-state index contributed by atoms with van der Waals surface area (Å²) < 4.78 is 0.813. The zero-order valence-electron chi connectivity index (χ0n) is 16.0. The lowest BCUT2D eigenvalue weighted by atomic mass is 10.1. The number of hydrogen-bond donors (Lipinski definition) is 0. The monoisotopic (exact) mass is 544 g/mol. The second-order valence-electron chi connectivity index (χ2n) is 6.42. The Balaban J connectivity index is 1.79. The molecule has 0 heterocycles. The minimum Gasteiger partial charge on any atom is -0.258 e. The molecule has 0 amide bonds. The second kappa shape index (κ2) is 9.71. The van der Waals surface area contributed by atoms with Gasteiger partial charge in [0.05, 0.1) is 30.2 Å². The van der Waals surface area contributed by atoms with Crippen LogP contribution >= 0.6 is 31.9 Å². The van der Waals surface area contributed by atoms with Crippen LogP contribution < -0.4 is 0 Å². The van der Waals surface area contributed by atoms with E-state index in [9.17, 15) is 20.2 Å². The van der Waals surface area contributed by atoms with Gasteiger partial charge in [0.25, 0.3) is 11.4 Å². The molecule has 3 aromatic carbocycles. The smallest absolute Gasteiger partial charge is 0.258 e. The molecule has 0 aliphatic rings. The topological polar surface area (TPSA) is 111 Å². The maximum atomic E-state index is 11.1. The molecule has 0 bridgehead atoms. The third kappa shape index (κ3) is 5.68. The molecule has 0 fully saturated rings. The SMILES string of the molecule is Cc1cc(N=Cc2ccc(Br)c([N+](=O)[O-])c2)ccc1N=Cc1ccc(Br)c([N+](=O)[O-])c1. The third-order valence-electron chi connectivity index (χ3n) is 4.23. The summed E-state index contributed by atoms with van der Waals surface area (Å²) in [4.78, 5) is 30.0. The molecule has 0 aliphatic carbocycles. The van der Waals surface area contributed by atoms with Gasteiger partial charge in [-0.2, -0.15) is 0 Å². The molecule has 31 heavy (non-hydrogen) atoms. The Hall–Kier alpha value is -3.24. The van der Waals surface area contributed by atoms with Crippen molar-refractivity contribution < 1.29 is 9.85 Å². The molecule has 3 aromatic rings. The summed E-state index contributed by atoms with van der Waals surface area (Å²) in [6, 6.07) is 14.9. The van der Waals surface area contributed by atoms with E-state index in [0.717, 1.165) is 5.56 Å². The van der Waals surface area contributed by atoms with Gasteiger partial charge in [-0.25, -0.2) is 0 Å². The maximum absolute atomic E-state index is 11.1. The van der Waals surface area contributed by atoms with Crippen molar-refractivity contribution in [3.63, 3.8) is 0 Å². The zero-order chi connectivity index (χ0) is 22.5. The van der Waals surface area contributed by atoms with Crippen LogP contribution in [0.15, 0.2) is 73.5 Å². The summed E-state index contributed by atoms with van der Waals surface area (Å²) in [6.45, 7) is 1.88. The highest BCUT2D eigenvalue weighted by atomic mass is 79.9. The number of benzene rings is 3. The molecule has 0 saturated carbocycles. The first-order valence-corrected chi connectivity index (χ1v) is 10.4. The fourth-order valence-corrected chi connectivity index (χ4v) is 3.44. The molecule has 3 rings (SSSR count). The van der Waals surface area contributed by atoms with Crippen LogP contribution in [0.5, 0.6) is 0 Å². The molecule has 0 spiro atoms. The Morgan fingerprint density at radius 2 is 1.29 bits per heavy atom. The molecule has 8 nitrogen and oxygen atoms in total. The standard InChI is InChI=1S/C21H14Br2N4O4/c1-13-8-16(24-11-14-2-5-17(22)20(9-14)26(28)29)4-7-19(13)25-12-15-3-6-18(23)21(10-15)27(30)31/h2-12H,1H3. The van der Waals surface area contributed by atoms with Crippen molar-refractivity contribution in [1.29, 1.82) is 0 Å². The number of nitrogens with zero attached hydrogens (tertiary/aromatic N) is 4. The molecule has 0 aliphatic heterocycles. The van der Waals surface area contributed by atoms with Gasteiger partial charge in [0.15, 0.2) is 0 Å². The van der Waals surface area contributed by atoms with E-state index >= 15 is 0 Å². The first-order chi connectivity index (χ1) is 14.7. The number of rotatable bonds is 6. The molecule has 0 atom stereocenters. The summed E-state index contributed by atoms with van der Waals surface area (Å²) in [7, 11) is 0. The Labute approximate surface area is 193 Å². The Morgan fingerprint density at radius 1 is 0.774 bits per heavy atom. The molecule has 156 valence electrons. The molecule has 10 heteroatoms. The number of aryl methyl sites for hydroxylation is 1. The Kier molecular flexibility index (Phi) is 7.03.